The lowest BCUT2D eigenvalue weighted by Crippen LogP contribution is -1.90. The van der Waals surface area contributed by atoms with Crippen LogP contribution in [0.15, 0.2) is 54.9 Å². The van der Waals surface area contributed by atoms with E-state index in [4.69, 9.17) is 19.6 Å². The van der Waals surface area contributed by atoms with E-state index in [1.165, 1.54) is 10.9 Å². The highest BCUT2D eigenvalue weighted by atomic mass is 32.1. The first-order valence-electron chi connectivity index (χ1n) is 8.81. The molecule has 140 valence electrons. The van der Waals surface area contributed by atoms with E-state index in [1.807, 2.05) is 28.9 Å². The second-order valence-corrected chi connectivity index (χ2v) is 7.45. The molecule has 28 heavy (non-hydrogen) atoms. The highest BCUT2D eigenvalue weighted by Crippen LogP contribution is 2.36. The van der Waals surface area contributed by atoms with Crippen molar-refractivity contribution in [2.45, 2.75) is 0 Å². The average molecular weight is 390 g/mol. The first-order valence-corrected chi connectivity index (χ1v) is 9.62. The number of aromatic nitrogens is 4. The third-order valence-electron chi connectivity index (χ3n) is 4.85. The highest BCUT2D eigenvalue weighted by molar-refractivity contribution is 7.20. The number of ether oxygens (including phenoxy) is 2. The molecule has 0 atom stereocenters. The Morgan fingerprint density at radius 2 is 1.82 bits per heavy atom. The smallest absolute Gasteiger partial charge is 0.213 e. The van der Waals surface area contributed by atoms with Gasteiger partial charge in [0.1, 0.15) is 16.5 Å². The van der Waals surface area contributed by atoms with Crippen molar-refractivity contribution >= 4 is 27.2 Å². The molecule has 5 rings (SSSR count). The minimum absolute atomic E-state index is 0.751. The fourth-order valence-corrected chi connectivity index (χ4v) is 4.37. The molecule has 6 nitrogen and oxygen atoms in total. The topological polar surface area (TPSA) is 53.6 Å². The van der Waals surface area contributed by atoms with Gasteiger partial charge in [0, 0.05) is 35.3 Å². The standard InChI is InChI=1S/C21H18N4O2S/c1-24-11-16(14-6-4-5-7-18(14)24)20-23-25-12-17(22-21(25)28-20)15-10-13(26-2)8-9-19(15)27-3/h4-12H,1-3H3. The number of hydrogen-bond acceptors (Lipinski definition) is 5. The van der Waals surface area contributed by atoms with Gasteiger partial charge in [0.25, 0.3) is 0 Å². The van der Waals surface area contributed by atoms with Crippen LogP contribution in [0.25, 0.3) is 37.7 Å². The number of methoxy groups -OCH3 is 2. The van der Waals surface area contributed by atoms with E-state index in [0.29, 0.717) is 0 Å². The third kappa shape index (κ3) is 2.55. The molecule has 5 aromatic rings. The summed E-state index contributed by atoms with van der Waals surface area (Å²) in [6.45, 7) is 0. The van der Waals surface area contributed by atoms with Crippen molar-refractivity contribution in [1.29, 1.82) is 0 Å². The molecule has 0 aliphatic carbocycles. The number of fused-ring (bicyclic) bond motifs is 2. The molecule has 7 heteroatoms. The molecule has 2 aromatic carbocycles. The lowest BCUT2D eigenvalue weighted by molar-refractivity contribution is 0.404. The summed E-state index contributed by atoms with van der Waals surface area (Å²) < 4.78 is 14.8. The van der Waals surface area contributed by atoms with E-state index in [9.17, 15) is 0 Å². The molecule has 0 aliphatic rings. The fourth-order valence-electron chi connectivity index (χ4n) is 3.47. The van der Waals surface area contributed by atoms with Crippen LogP contribution in [-0.2, 0) is 7.05 Å². The molecule has 0 spiro atoms. The Kier molecular flexibility index (Phi) is 3.84. The maximum Gasteiger partial charge on any atom is 0.213 e. The minimum Gasteiger partial charge on any atom is -0.497 e. The third-order valence-corrected chi connectivity index (χ3v) is 5.81. The lowest BCUT2D eigenvalue weighted by atomic mass is 10.1. The maximum atomic E-state index is 5.49. The molecule has 0 amide bonds. The van der Waals surface area contributed by atoms with Gasteiger partial charge < -0.3 is 14.0 Å². The second kappa shape index (κ2) is 6.38. The van der Waals surface area contributed by atoms with Gasteiger partial charge in [-0.05, 0) is 24.3 Å². The van der Waals surface area contributed by atoms with Gasteiger partial charge >= 0.3 is 0 Å². The summed E-state index contributed by atoms with van der Waals surface area (Å²) in [6.07, 6.45) is 4.05. The van der Waals surface area contributed by atoms with Gasteiger partial charge in [-0.1, -0.05) is 29.5 Å². The normalized spacial score (nSPS) is 11.4. The number of imidazole rings is 1. The molecular formula is C21H18N4O2S. The van der Waals surface area contributed by atoms with Gasteiger partial charge in [-0.2, -0.15) is 5.10 Å². The average Bonchev–Trinajstić information content (AvgIpc) is 3.39. The predicted molar refractivity (Wildman–Crippen MR) is 111 cm³/mol. The van der Waals surface area contributed by atoms with Crippen LogP contribution >= 0.6 is 11.3 Å². The van der Waals surface area contributed by atoms with Crippen molar-refractivity contribution in [3.63, 3.8) is 0 Å². The number of para-hydroxylation sites is 1. The Labute approximate surface area is 165 Å². The van der Waals surface area contributed by atoms with Crippen LogP contribution in [0.1, 0.15) is 0 Å². The summed E-state index contributed by atoms with van der Waals surface area (Å²) in [6, 6.07) is 14.0. The zero-order chi connectivity index (χ0) is 19.3. The number of hydrogen-bond donors (Lipinski definition) is 0. The van der Waals surface area contributed by atoms with Crippen molar-refractivity contribution in [2.24, 2.45) is 7.05 Å². The largest absolute Gasteiger partial charge is 0.497 e. The minimum atomic E-state index is 0.751. The number of benzene rings is 2. The van der Waals surface area contributed by atoms with Crippen molar-refractivity contribution in [2.75, 3.05) is 14.2 Å². The predicted octanol–water partition coefficient (Wildman–Crippen LogP) is 4.63. The van der Waals surface area contributed by atoms with E-state index in [2.05, 4.69) is 42.1 Å². The second-order valence-electron chi connectivity index (χ2n) is 6.50. The Balaban J connectivity index is 1.61. The number of rotatable bonds is 4. The van der Waals surface area contributed by atoms with Crippen LogP contribution in [0, 0.1) is 0 Å². The molecule has 0 bridgehead atoms. The van der Waals surface area contributed by atoms with Crippen LogP contribution in [0.5, 0.6) is 11.5 Å². The van der Waals surface area contributed by atoms with Gasteiger partial charge in [-0.15, -0.1) is 0 Å². The molecule has 0 aliphatic heterocycles. The summed E-state index contributed by atoms with van der Waals surface area (Å²) in [5, 5.41) is 6.92. The molecule has 0 radical (unpaired) electrons. The lowest BCUT2D eigenvalue weighted by Gasteiger charge is -2.08. The monoisotopic (exact) mass is 390 g/mol. The molecule has 0 N–H and O–H groups in total. The molecule has 3 aromatic heterocycles. The summed E-state index contributed by atoms with van der Waals surface area (Å²) in [4.78, 5) is 5.61. The molecule has 0 saturated carbocycles. The van der Waals surface area contributed by atoms with E-state index in [0.717, 1.165) is 38.3 Å². The quantitative estimate of drug-likeness (QED) is 0.449. The van der Waals surface area contributed by atoms with Gasteiger partial charge in [0.2, 0.25) is 4.96 Å². The Morgan fingerprint density at radius 3 is 2.61 bits per heavy atom. The van der Waals surface area contributed by atoms with Crippen LogP contribution in [0.4, 0.5) is 0 Å². The van der Waals surface area contributed by atoms with Crippen LogP contribution in [-0.4, -0.2) is 33.4 Å². The van der Waals surface area contributed by atoms with Crippen molar-refractivity contribution in [1.82, 2.24) is 19.2 Å². The van der Waals surface area contributed by atoms with E-state index < -0.39 is 0 Å². The van der Waals surface area contributed by atoms with Crippen molar-refractivity contribution < 1.29 is 9.47 Å². The van der Waals surface area contributed by atoms with Gasteiger partial charge in [0.15, 0.2) is 0 Å². The Bertz CT molecular complexity index is 1280. The highest BCUT2D eigenvalue weighted by Gasteiger charge is 2.17. The zero-order valence-electron chi connectivity index (χ0n) is 15.7. The van der Waals surface area contributed by atoms with Crippen LogP contribution < -0.4 is 9.47 Å². The number of nitrogens with zero attached hydrogens (tertiary/aromatic N) is 4. The molecular weight excluding hydrogens is 372 g/mol. The van der Waals surface area contributed by atoms with Crippen LogP contribution in [0.3, 0.4) is 0 Å². The summed E-state index contributed by atoms with van der Waals surface area (Å²) in [7, 11) is 5.35. The Hall–Kier alpha value is -3.32. The summed E-state index contributed by atoms with van der Waals surface area (Å²) in [5.74, 6) is 1.51. The van der Waals surface area contributed by atoms with Gasteiger partial charge in [0.05, 0.1) is 26.1 Å². The van der Waals surface area contributed by atoms with Gasteiger partial charge in [-0.3, -0.25) is 0 Å². The van der Waals surface area contributed by atoms with Gasteiger partial charge in [-0.25, -0.2) is 9.50 Å². The first kappa shape index (κ1) is 16.8. The molecule has 0 saturated heterocycles. The summed E-state index contributed by atoms with van der Waals surface area (Å²) >= 11 is 1.57. The maximum absolute atomic E-state index is 5.49. The molecule has 3 heterocycles. The van der Waals surface area contributed by atoms with E-state index in [1.54, 1.807) is 25.6 Å². The van der Waals surface area contributed by atoms with E-state index in [-0.39, 0.29) is 0 Å². The van der Waals surface area contributed by atoms with Crippen molar-refractivity contribution in [3.05, 3.63) is 54.9 Å². The molecule has 0 fully saturated rings. The van der Waals surface area contributed by atoms with Crippen molar-refractivity contribution in [3.8, 4) is 33.3 Å². The first-order chi connectivity index (χ1) is 13.7. The van der Waals surface area contributed by atoms with E-state index >= 15 is 0 Å². The fraction of sp³-hybridized carbons (Fsp3) is 0.143. The Morgan fingerprint density at radius 1 is 0.964 bits per heavy atom. The van der Waals surface area contributed by atoms with Crippen LogP contribution in [0.2, 0.25) is 0 Å². The SMILES string of the molecule is COc1ccc(OC)c(-c2cn3nc(-c4cn(C)c5ccccc45)sc3n2)c1. The molecule has 0 unspecified atom stereocenters. The summed E-state index contributed by atoms with van der Waals surface area (Å²) in [5.41, 5.74) is 3.99. The number of aryl methyl sites for hydroxylation is 1. The zero-order valence-corrected chi connectivity index (χ0v) is 16.5.